The van der Waals surface area contributed by atoms with Crippen LogP contribution < -0.4 is 9.03 Å². The fourth-order valence-corrected chi connectivity index (χ4v) is 5.15. The van der Waals surface area contributed by atoms with Gasteiger partial charge in [0.1, 0.15) is 0 Å². The van der Waals surface area contributed by atoms with E-state index in [0.29, 0.717) is 25.1 Å². The summed E-state index contributed by atoms with van der Waals surface area (Å²) >= 11 is 6.06. The molecule has 0 unspecified atom stereocenters. The van der Waals surface area contributed by atoms with Gasteiger partial charge in [-0.15, -0.1) is 0 Å². The minimum Gasteiger partial charge on any atom is -0.282 e. The van der Waals surface area contributed by atoms with Crippen LogP contribution in [-0.4, -0.2) is 34.9 Å². The number of hydrogen-bond acceptors (Lipinski definition) is 4. The maximum atomic E-state index is 11.8. The van der Waals surface area contributed by atoms with E-state index in [9.17, 15) is 16.8 Å². The molecule has 1 aromatic carbocycles. The molecule has 1 aliphatic rings. The van der Waals surface area contributed by atoms with Crippen molar-refractivity contribution in [3.05, 3.63) is 23.2 Å². The Kier molecular flexibility index (Phi) is 4.69. The van der Waals surface area contributed by atoms with Crippen LogP contribution in [0.2, 0.25) is 5.02 Å². The van der Waals surface area contributed by atoms with Gasteiger partial charge in [-0.05, 0) is 31.0 Å². The predicted octanol–water partition coefficient (Wildman–Crippen LogP) is 2.03. The summed E-state index contributed by atoms with van der Waals surface area (Å²) in [5.74, 6) is 0.126. The zero-order chi connectivity index (χ0) is 15.7. The summed E-state index contributed by atoms with van der Waals surface area (Å²) in [6, 6.07) is 4.51. The van der Waals surface area contributed by atoms with E-state index in [-0.39, 0.29) is 22.2 Å². The third-order valence-corrected chi connectivity index (χ3v) is 6.74. The monoisotopic (exact) mass is 352 g/mol. The maximum absolute atomic E-state index is 11.8. The summed E-state index contributed by atoms with van der Waals surface area (Å²) in [6.45, 7) is 2.18. The van der Waals surface area contributed by atoms with Crippen LogP contribution in [0.5, 0.6) is 0 Å². The summed E-state index contributed by atoms with van der Waals surface area (Å²) in [5, 5.41) is 0.175. The van der Waals surface area contributed by atoms with E-state index >= 15 is 0 Å². The van der Waals surface area contributed by atoms with Gasteiger partial charge in [0.2, 0.25) is 20.0 Å². The number of halogens is 1. The van der Waals surface area contributed by atoms with Crippen molar-refractivity contribution in [2.24, 2.45) is 0 Å². The summed E-state index contributed by atoms with van der Waals surface area (Å²) in [5.41, 5.74) is 0.710. The highest BCUT2D eigenvalue weighted by Gasteiger charge is 2.28. The van der Waals surface area contributed by atoms with Crippen LogP contribution in [0.15, 0.2) is 18.2 Å². The molecule has 21 heavy (non-hydrogen) atoms. The van der Waals surface area contributed by atoms with Gasteiger partial charge in [-0.2, -0.15) is 0 Å². The van der Waals surface area contributed by atoms with Crippen LogP contribution in [0.4, 0.5) is 11.4 Å². The Bertz CT molecular complexity index is 732. The summed E-state index contributed by atoms with van der Waals surface area (Å²) in [7, 11) is -6.71. The van der Waals surface area contributed by atoms with E-state index in [4.69, 9.17) is 11.6 Å². The first-order chi connectivity index (χ1) is 9.75. The lowest BCUT2D eigenvalue weighted by Gasteiger charge is -2.18. The molecule has 0 aromatic heterocycles. The molecular weight excluding hydrogens is 336 g/mol. The molecule has 6 nitrogen and oxygen atoms in total. The second kappa shape index (κ2) is 6.02. The third kappa shape index (κ3) is 3.81. The number of nitrogens with one attached hydrogen (secondary N) is 1. The molecule has 9 heteroatoms. The zero-order valence-corrected chi connectivity index (χ0v) is 13.9. The van der Waals surface area contributed by atoms with Gasteiger partial charge < -0.3 is 0 Å². The molecule has 1 fully saturated rings. The van der Waals surface area contributed by atoms with E-state index in [1.807, 2.05) is 0 Å². The zero-order valence-electron chi connectivity index (χ0n) is 11.5. The fraction of sp³-hybridized carbons (Fsp3) is 0.500. The quantitative estimate of drug-likeness (QED) is 0.878. The standard InChI is InChI=1S/C12H17ClN2O4S2/c1-2-7-20(16,17)14-12-5-4-10(9-11(12)13)15-6-3-8-21(15,18)19/h4-5,9,14H,2-3,6-8H2,1H3. The number of anilines is 2. The Morgan fingerprint density at radius 2 is 2.10 bits per heavy atom. The second-order valence-electron chi connectivity index (χ2n) is 4.83. The van der Waals surface area contributed by atoms with Crippen molar-refractivity contribution in [1.29, 1.82) is 0 Å². The van der Waals surface area contributed by atoms with Gasteiger partial charge in [0.15, 0.2) is 0 Å². The predicted molar refractivity (Wildman–Crippen MR) is 84.9 cm³/mol. The first-order valence-corrected chi connectivity index (χ1v) is 10.2. The SMILES string of the molecule is CCCS(=O)(=O)Nc1ccc(N2CCCS2(=O)=O)cc1Cl. The molecule has 0 spiro atoms. The lowest BCUT2D eigenvalue weighted by Crippen LogP contribution is -2.25. The number of rotatable bonds is 5. The molecule has 0 amide bonds. The molecule has 2 rings (SSSR count). The number of hydrogen-bond donors (Lipinski definition) is 1. The van der Waals surface area contributed by atoms with E-state index in [1.54, 1.807) is 13.0 Å². The van der Waals surface area contributed by atoms with Crippen LogP contribution in [0, 0.1) is 0 Å². The molecule has 1 aliphatic heterocycles. The Morgan fingerprint density at radius 3 is 2.62 bits per heavy atom. The average Bonchev–Trinajstić information content (AvgIpc) is 2.71. The highest BCUT2D eigenvalue weighted by molar-refractivity contribution is 7.93. The average molecular weight is 353 g/mol. The van der Waals surface area contributed by atoms with Gasteiger partial charge in [0.25, 0.3) is 0 Å². The van der Waals surface area contributed by atoms with Crippen LogP contribution in [-0.2, 0) is 20.0 Å². The highest BCUT2D eigenvalue weighted by Crippen LogP contribution is 2.31. The van der Waals surface area contributed by atoms with Crippen LogP contribution in [0.25, 0.3) is 0 Å². The Balaban J connectivity index is 2.26. The van der Waals surface area contributed by atoms with Crippen molar-refractivity contribution in [3.63, 3.8) is 0 Å². The first-order valence-electron chi connectivity index (χ1n) is 6.55. The molecule has 1 heterocycles. The molecular formula is C12H17ClN2O4S2. The van der Waals surface area contributed by atoms with Crippen LogP contribution in [0.3, 0.4) is 0 Å². The van der Waals surface area contributed by atoms with Gasteiger partial charge in [0.05, 0.1) is 27.9 Å². The molecule has 1 N–H and O–H groups in total. The smallest absolute Gasteiger partial charge is 0.235 e. The number of benzene rings is 1. The van der Waals surface area contributed by atoms with Gasteiger partial charge in [-0.1, -0.05) is 18.5 Å². The molecule has 0 saturated carbocycles. The lowest BCUT2D eigenvalue weighted by atomic mass is 10.3. The van der Waals surface area contributed by atoms with Crippen molar-refractivity contribution >= 4 is 43.0 Å². The van der Waals surface area contributed by atoms with Gasteiger partial charge in [-0.25, -0.2) is 16.8 Å². The number of nitrogens with zero attached hydrogens (tertiary/aromatic N) is 1. The topological polar surface area (TPSA) is 83.6 Å². The summed E-state index contributed by atoms with van der Waals surface area (Å²) in [6.07, 6.45) is 1.07. The van der Waals surface area contributed by atoms with E-state index in [0.717, 1.165) is 0 Å². The minimum atomic E-state index is -3.43. The van der Waals surface area contributed by atoms with E-state index in [2.05, 4.69) is 4.72 Å². The van der Waals surface area contributed by atoms with E-state index < -0.39 is 20.0 Å². The summed E-state index contributed by atoms with van der Waals surface area (Å²) < 4.78 is 50.8. The Labute approximate surface area is 130 Å². The van der Waals surface area contributed by atoms with Crippen molar-refractivity contribution in [2.45, 2.75) is 19.8 Å². The largest absolute Gasteiger partial charge is 0.282 e. The molecule has 0 radical (unpaired) electrons. The first kappa shape index (κ1) is 16.4. The van der Waals surface area contributed by atoms with Crippen molar-refractivity contribution in [1.82, 2.24) is 0 Å². The second-order valence-corrected chi connectivity index (χ2v) is 9.09. The lowest BCUT2D eigenvalue weighted by molar-refractivity contribution is 0.598. The summed E-state index contributed by atoms with van der Waals surface area (Å²) in [4.78, 5) is 0. The maximum Gasteiger partial charge on any atom is 0.235 e. The molecule has 0 aliphatic carbocycles. The van der Waals surface area contributed by atoms with Crippen molar-refractivity contribution < 1.29 is 16.8 Å². The van der Waals surface area contributed by atoms with Crippen molar-refractivity contribution in [3.8, 4) is 0 Å². The molecule has 1 saturated heterocycles. The van der Waals surface area contributed by atoms with Gasteiger partial charge >= 0.3 is 0 Å². The molecule has 118 valence electrons. The fourth-order valence-electron chi connectivity index (χ4n) is 2.16. The molecule has 0 bridgehead atoms. The Hall–Kier alpha value is -0.990. The Morgan fingerprint density at radius 1 is 1.38 bits per heavy atom. The third-order valence-electron chi connectivity index (χ3n) is 3.08. The number of sulfonamides is 2. The van der Waals surface area contributed by atoms with E-state index in [1.165, 1.54) is 16.4 Å². The van der Waals surface area contributed by atoms with Crippen LogP contribution in [0.1, 0.15) is 19.8 Å². The molecule has 0 atom stereocenters. The minimum absolute atomic E-state index is 0.00554. The van der Waals surface area contributed by atoms with Gasteiger partial charge in [0, 0.05) is 6.54 Å². The molecule has 1 aromatic rings. The highest BCUT2D eigenvalue weighted by atomic mass is 35.5. The van der Waals surface area contributed by atoms with Crippen LogP contribution >= 0.6 is 11.6 Å². The van der Waals surface area contributed by atoms with Gasteiger partial charge in [-0.3, -0.25) is 9.03 Å². The normalized spacial score (nSPS) is 17.9. The van der Waals surface area contributed by atoms with Crippen molar-refractivity contribution in [2.75, 3.05) is 27.1 Å².